The van der Waals surface area contributed by atoms with E-state index in [1.807, 2.05) is 0 Å². The molecule has 0 aliphatic heterocycles. The standard InChI is InChI=1S/C6H11BrN2O/c1-4(7)3-9-6(10)5(2)8/h5H,1,3,8H2,2H3,(H,9,10). The van der Waals surface area contributed by atoms with Crippen LogP contribution in [0, 0.1) is 0 Å². The number of amides is 1. The Bertz CT molecular complexity index is 145. The SMILES string of the molecule is C=C(Br)CNC(=O)C(C)N. The number of carbonyl (C=O) groups is 1. The number of hydrogen-bond acceptors (Lipinski definition) is 2. The predicted molar refractivity (Wildman–Crippen MR) is 44.7 cm³/mol. The first-order chi connectivity index (χ1) is 4.54. The third-order valence-corrected chi connectivity index (χ3v) is 1.15. The highest BCUT2D eigenvalue weighted by atomic mass is 79.9. The lowest BCUT2D eigenvalue weighted by molar-refractivity contribution is -0.121. The molecule has 0 aliphatic rings. The first-order valence-corrected chi connectivity index (χ1v) is 3.70. The van der Waals surface area contributed by atoms with Crippen LogP contribution >= 0.6 is 15.9 Å². The largest absolute Gasteiger partial charge is 0.350 e. The summed E-state index contributed by atoms with van der Waals surface area (Å²) in [6.45, 7) is 5.61. The van der Waals surface area contributed by atoms with Gasteiger partial charge in [-0.2, -0.15) is 0 Å². The molecule has 0 spiro atoms. The normalized spacial score (nSPS) is 12.3. The Hall–Kier alpha value is -0.350. The van der Waals surface area contributed by atoms with Crippen LogP contribution in [0.4, 0.5) is 0 Å². The molecule has 0 aromatic carbocycles. The highest BCUT2D eigenvalue weighted by Crippen LogP contribution is 1.96. The Morgan fingerprint density at radius 3 is 2.70 bits per heavy atom. The van der Waals surface area contributed by atoms with Crippen LogP contribution in [-0.2, 0) is 4.79 Å². The molecule has 1 unspecified atom stereocenters. The summed E-state index contributed by atoms with van der Waals surface area (Å²) >= 11 is 3.10. The molecule has 0 aliphatic carbocycles. The van der Waals surface area contributed by atoms with E-state index in [2.05, 4.69) is 27.8 Å². The molecule has 10 heavy (non-hydrogen) atoms. The summed E-state index contributed by atoms with van der Waals surface area (Å²) in [5.41, 5.74) is 5.27. The van der Waals surface area contributed by atoms with Crippen molar-refractivity contribution in [3.8, 4) is 0 Å². The van der Waals surface area contributed by atoms with Crippen molar-refractivity contribution >= 4 is 21.8 Å². The maximum atomic E-state index is 10.7. The molecule has 0 aromatic heterocycles. The minimum absolute atomic E-state index is 0.166. The van der Waals surface area contributed by atoms with Gasteiger partial charge in [0.05, 0.1) is 6.04 Å². The third kappa shape index (κ3) is 4.52. The van der Waals surface area contributed by atoms with Crippen molar-refractivity contribution in [3.63, 3.8) is 0 Å². The Labute approximate surface area is 68.8 Å². The fraction of sp³-hybridized carbons (Fsp3) is 0.500. The van der Waals surface area contributed by atoms with E-state index in [1.165, 1.54) is 0 Å². The van der Waals surface area contributed by atoms with Crippen LogP contribution in [0.5, 0.6) is 0 Å². The summed E-state index contributed by atoms with van der Waals surface area (Å²) in [6, 6.07) is -0.452. The molecule has 3 nitrogen and oxygen atoms in total. The van der Waals surface area contributed by atoms with Gasteiger partial charge in [0.25, 0.3) is 0 Å². The van der Waals surface area contributed by atoms with Gasteiger partial charge in [0.15, 0.2) is 0 Å². The van der Waals surface area contributed by atoms with E-state index < -0.39 is 6.04 Å². The molecule has 1 atom stereocenters. The summed E-state index contributed by atoms with van der Waals surface area (Å²) < 4.78 is 0.738. The van der Waals surface area contributed by atoms with Gasteiger partial charge in [-0.25, -0.2) is 0 Å². The van der Waals surface area contributed by atoms with Crippen LogP contribution in [0.3, 0.4) is 0 Å². The number of halogens is 1. The second-order valence-electron chi connectivity index (χ2n) is 2.02. The molecule has 0 rings (SSSR count). The monoisotopic (exact) mass is 206 g/mol. The summed E-state index contributed by atoms with van der Waals surface area (Å²) in [5.74, 6) is -0.166. The van der Waals surface area contributed by atoms with E-state index in [4.69, 9.17) is 5.73 Å². The molecule has 0 fully saturated rings. The van der Waals surface area contributed by atoms with Gasteiger partial charge in [0.2, 0.25) is 5.91 Å². The summed E-state index contributed by atoms with van der Waals surface area (Å²) in [5, 5.41) is 2.57. The smallest absolute Gasteiger partial charge is 0.236 e. The molecule has 0 heterocycles. The molecule has 3 N–H and O–H groups in total. The van der Waals surface area contributed by atoms with Gasteiger partial charge in [0.1, 0.15) is 0 Å². The summed E-state index contributed by atoms with van der Waals surface area (Å²) in [7, 11) is 0. The van der Waals surface area contributed by atoms with Gasteiger partial charge in [-0.1, -0.05) is 22.5 Å². The lowest BCUT2D eigenvalue weighted by Gasteiger charge is -2.05. The molecule has 58 valence electrons. The van der Waals surface area contributed by atoms with Crippen LogP contribution in [0.2, 0.25) is 0 Å². The zero-order valence-electron chi connectivity index (χ0n) is 5.86. The van der Waals surface area contributed by atoms with E-state index >= 15 is 0 Å². The van der Waals surface area contributed by atoms with Crippen LogP contribution in [0.1, 0.15) is 6.92 Å². The molecule has 0 saturated carbocycles. The Morgan fingerprint density at radius 2 is 2.40 bits per heavy atom. The van der Waals surface area contributed by atoms with Crippen LogP contribution in [0.25, 0.3) is 0 Å². The second-order valence-corrected chi connectivity index (χ2v) is 3.15. The van der Waals surface area contributed by atoms with Crippen molar-refractivity contribution < 1.29 is 4.79 Å². The molecular weight excluding hydrogens is 196 g/mol. The van der Waals surface area contributed by atoms with Crippen LogP contribution < -0.4 is 11.1 Å². The van der Waals surface area contributed by atoms with Gasteiger partial charge >= 0.3 is 0 Å². The summed E-state index contributed by atoms with van der Waals surface area (Å²) in [4.78, 5) is 10.7. The maximum Gasteiger partial charge on any atom is 0.236 e. The number of carbonyl (C=O) groups excluding carboxylic acids is 1. The molecular formula is C6H11BrN2O. The van der Waals surface area contributed by atoms with Crippen molar-refractivity contribution in [1.29, 1.82) is 0 Å². The van der Waals surface area contributed by atoms with Gasteiger partial charge in [-0.15, -0.1) is 0 Å². The molecule has 4 heteroatoms. The van der Waals surface area contributed by atoms with Gasteiger partial charge in [-0.3, -0.25) is 4.79 Å². The first-order valence-electron chi connectivity index (χ1n) is 2.90. The molecule has 0 saturated heterocycles. The van der Waals surface area contributed by atoms with E-state index in [9.17, 15) is 4.79 Å². The Morgan fingerprint density at radius 1 is 1.90 bits per heavy atom. The molecule has 0 bridgehead atoms. The van der Waals surface area contributed by atoms with Gasteiger partial charge in [-0.05, 0) is 6.92 Å². The van der Waals surface area contributed by atoms with E-state index in [0.29, 0.717) is 6.54 Å². The minimum atomic E-state index is -0.452. The fourth-order valence-electron chi connectivity index (χ4n) is 0.344. The van der Waals surface area contributed by atoms with Gasteiger partial charge < -0.3 is 11.1 Å². The number of rotatable bonds is 3. The van der Waals surface area contributed by atoms with Crippen molar-refractivity contribution in [2.24, 2.45) is 5.73 Å². The second kappa shape index (κ2) is 4.46. The maximum absolute atomic E-state index is 10.7. The molecule has 0 radical (unpaired) electrons. The predicted octanol–water partition coefficient (Wildman–Crippen LogP) is 0.358. The topological polar surface area (TPSA) is 55.1 Å². The Kier molecular flexibility index (Phi) is 4.31. The van der Waals surface area contributed by atoms with E-state index in [-0.39, 0.29) is 5.91 Å². The number of nitrogens with one attached hydrogen (secondary N) is 1. The lowest BCUT2D eigenvalue weighted by atomic mass is 10.3. The zero-order valence-corrected chi connectivity index (χ0v) is 7.44. The van der Waals surface area contributed by atoms with Crippen LogP contribution in [-0.4, -0.2) is 18.5 Å². The molecule has 0 aromatic rings. The Balaban J connectivity index is 3.50. The average molecular weight is 207 g/mol. The summed E-state index contributed by atoms with van der Waals surface area (Å²) in [6.07, 6.45) is 0. The molecule has 1 amide bonds. The number of hydrogen-bond donors (Lipinski definition) is 2. The highest BCUT2D eigenvalue weighted by molar-refractivity contribution is 9.11. The zero-order chi connectivity index (χ0) is 8.15. The van der Waals surface area contributed by atoms with Crippen molar-refractivity contribution in [1.82, 2.24) is 5.32 Å². The average Bonchev–Trinajstić information content (AvgIpc) is 1.82. The fourth-order valence-corrected chi connectivity index (χ4v) is 0.484. The van der Waals surface area contributed by atoms with E-state index in [1.54, 1.807) is 6.92 Å². The van der Waals surface area contributed by atoms with Crippen molar-refractivity contribution in [3.05, 3.63) is 11.1 Å². The van der Waals surface area contributed by atoms with E-state index in [0.717, 1.165) is 4.48 Å². The number of nitrogens with two attached hydrogens (primary N) is 1. The van der Waals surface area contributed by atoms with Crippen molar-refractivity contribution in [2.75, 3.05) is 6.54 Å². The third-order valence-electron chi connectivity index (χ3n) is 0.868. The van der Waals surface area contributed by atoms with Gasteiger partial charge in [0, 0.05) is 11.0 Å². The minimum Gasteiger partial charge on any atom is -0.350 e. The lowest BCUT2D eigenvalue weighted by Crippen LogP contribution is -2.38. The highest BCUT2D eigenvalue weighted by Gasteiger charge is 2.04. The van der Waals surface area contributed by atoms with Crippen molar-refractivity contribution in [2.45, 2.75) is 13.0 Å². The van der Waals surface area contributed by atoms with Crippen LogP contribution in [0.15, 0.2) is 11.1 Å². The first kappa shape index (κ1) is 9.65. The quantitative estimate of drug-likeness (QED) is 0.701.